The SMILES string of the molecule is CN1CCC(C(=O)c2cccc(NC(=S)Nc3c(F)c(F)c(F)c(F)c3F)c2)CC1.O=C(O)c1ccccc1Cl. The van der Waals surface area contributed by atoms with Crippen LogP contribution in [0.2, 0.25) is 5.02 Å². The molecule has 0 atom stereocenters. The van der Waals surface area contributed by atoms with Crippen molar-refractivity contribution in [2.45, 2.75) is 12.8 Å². The molecule has 212 valence electrons. The van der Waals surface area contributed by atoms with Gasteiger partial charge in [0.05, 0.1) is 10.6 Å². The Morgan fingerprint density at radius 1 is 0.900 bits per heavy atom. The number of carbonyl (C=O) groups is 2. The Morgan fingerprint density at radius 2 is 1.48 bits per heavy atom. The fourth-order valence-electron chi connectivity index (χ4n) is 3.88. The third-order valence-corrected chi connectivity index (χ3v) is 6.58. The average molecular weight is 600 g/mol. The third-order valence-electron chi connectivity index (χ3n) is 6.05. The zero-order valence-electron chi connectivity index (χ0n) is 20.9. The molecule has 0 unspecified atom stereocenters. The van der Waals surface area contributed by atoms with Gasteiger partial charge in [0.2, 0.25) is 5.82 Å². The normalized spacial score (nSPS) is 13.7. The predicted molar refractivity (Wildman–Crippen MR) is 145 cm³/mol. The second-order valence-corrected chi connectivity index (χ2v) is 9.65. The quantitative estimate of drug-likeness (QED) is 0.0984. The van der Waals surface area contributed by atoms with Gasteiger partial charge in [0.25, 0.3) is 0 Å². The number of likely N-dealkylation sites (tertiary alicyclic amines) is 1. The van der Waals surface area contributed by atoms with Crippen molar-refractivity contribution in [1.29, 1.82) is 0 Å². The molecule has 1 aliphatic heterocycles. The van der Waals surface area contributed by atoms with Crippen LogP contribution in [0.5, 0.6) is 0 Å². The number of hydrogen-bond donors (Lipinski definition) is 3. The predicted octanol–water partition coefficient (Wildman–Crippen LogP) is 6.75. The number of carboxylic acids is 1. The van der Waals surface area contributed by atoms with Gasteiger partial charge in [-0.2, -0.15) is 0 Å². The first kappa shape index (κ1) is 30.9. The second-order valence-electron chi connectivity index (χ2n) is 8.83. The van der Waals surface area contributed by atoms with Crippen LogP contribution in [0.3, 0.4) is 0 Å². The van der Waals surface area contributed by atoms with Crippen LogP contribution in [0.4, 0.5) is 33.3 Å². The number of benzene rings is 3. The second kappa shape index (κ2) is 13.6. The highest BCUT2D eigenvalue weighted by molar-refractivity contribution is 7.80. The Balaban J connectivity index is 0.000000371. The fourth-order valence-corrected chi connectivity index (χ4v) is 4.32. The van der Waals surface area contributed by atoms with Gasteiger partial charge in [0.15, 0.2) is 34.2 Å². The molecule has 6 nitrogen and oxygen atoms in total. The molecule has 0 radical (unpaired) electrons. The Kier molecular flexibility index (Phi) is 10.5. The summed E-state index contributed by atoms with van der Waals surface area (Å²) >= 11 is 10.5. The first-order valence-corrected chi connectivity index (χ1v) is 12.6. The van der Waals surface area contributed by atoms with Crippen LogP contribution >= 0.6 is 23.8 Å². The number of piperidine rings is 1. The van der Waals surface area contributed by atoms with Gasteiger partial charge >= 0.3 is 5.97 Å². The molecule has 3 aromatic carbocycles. The standard InChI is InChI=1S/C20H18F5N3OS.C7H5ClO2/c1-28-7-5-10(6-8-28)19(29)11-3-2-4-12(9-11)26-20(30)27-18-16(24)14(22)13(21)15(23)17(18)25;8-6-4-2-1-3-5(6)7(9)10/h2-4,9-10H,5-8H2,1H3,(H2,26,27,30);1-4H,(H,9,10). The smallest absolute Gasteiger partial charge is 0.337 e. The van der Waals surface area contributed by atoms with E-state index in [-0.39, 0.29) is 22.3 Å². The lowest BCUT2D eigenvalue weighted by molar-refractivity contribution is 0.0696. The molecule has 1 heterocycles. The molecule has 3 aromatic rings. The molecule has 40 heavy (non-hydrogen) atoms. The molecule has 0 amide bonds. The average Bonchev–Trinajstić information content (AvgIpc) is 2.94. The van der Waals surface area contributed by atoms with Crippen molar-refractivity contribution in [2.75, 3.05) is 30.8 Å². The van der Waals surface area contributed by atoms with Gasteiger partial charge in [-0.3, -0.25) is 4.79 Å². The molecular formula is C27H23ClF5N3O3S. The summed E-state index contributed by atoms with van der Waals surface area (Å²) in [5.41, 5.74) is -0.352. The molecular weight excluding hydrogens is 577 g/mol. The number of hydrogen-bond acceptors (Lipinski definition) is 4. The zero-order chi connectivity index (χ0) is 29.6. The van der Waals surface area contributed by atoms with E-state index >= 15 is 0 Å². The van der Waals surface area contributed by atoms with Crippen molar-refractivity contribution in [1.82, 2.24) is 4.90 Å². The number of nitrogens with one attached hydrogen (secondary N) is 2. The molecule has 0 bridgehead atoms. The van der Waals surface area contributed by atoms with E-state index in [1.807, 2.05) is 12.4 Å². The summed E-state index contributed by atoms with van der Waals surface area (Å²) in [6, 6.07) is 12.7. The highest BCUT2D eigenvalue weighted by atomic mass is 35.5. The fraction of sp³-hybridized carbons (Fsp3) is 0.222. The van der Waals surface area contributed by atoms with Crippen molar-refractivity contribution < 1.29 is 36.6 Å². The van der Waals surface area contributed by atoms with Crippen LogP contribution in [-0.2, 0) is 0 Å². The summed E-state index contributed by atoms with van der Waals surface area (Å²) < 4.78 is 67.3. The minimum atomic E-state index is -2.26. The van der Waals surface area contributed by atoms with Crippen molar-refractivity contribution in [3.8, 4) is 0 Å². The minimum Gasteiger partial charge on any atom is -0.478 e. The van der Waals surface area contributed by atoms with Crippen LogP contribution in [-0.4, -0.2) is 47.0 Å². The van der Waals surface area contributed by atoms with Crippen LogP contribution in [0.1, 0.15) is 33.6 Å². The molecule has 3 N–H and O–H groups in total. The van der Waals surface area contributed by atoms with Gasteiger partial charge in [-0.05, 0) is 69.5 Å². The Labute approximate surface area is 236 Å². The molecule has 4 rings (SSSR count). The molecule has 0 spiro atoms. The van der Waals surface area contributed by atoms with Crippen molar-refractivity contribution in [3.63, 3.8) is 0 Å². The maximum absolute atomic E-state index is 13.8. The number of anilines is 2. The van der Waals surface area contributed by atoms with E-state index in [4.69, 9.17) is 28.9 Å². The maximum Gasteiger partial charge on any atom is 0.337 e. The number of ketones is 1. The molecule has 13 heteroatoms. The zero-order valence-corrected chi connectivity index (χ0v) is 22.5. The van der Waals surface area contributed by atoms with Crippen LogP contribution in [0.25, 0.3) is 0 Å². The molecule has 0 saturated carbocycles. The van der Waals surface area contributed by atoms with E-state index in [9.17, 15) is 31.5 Å². The topological polar surface area (TPSA) is 81.7 Å². The van der Waals surface area contributed by atoms with Gasteiger partial charge in [-0.15, -0.1) is 0 Å². The summed E-state index contributed by atoms with van der Waals surface area (Å²) in [5.74, 6) is -11.6. The van der Waals surface area contributed by atoms with Crippen LogP contribution < -0.4 is 10.6 Å². The monoisotopic (exact) mass is 599 g/mol. The van der Waals surface area contributed by atoms with E-state index in [1.165, 1.54) is 12.1 Å². The molecule has 0 aromatic heterocycles. The van der Waals surface area contributed by atoms with Crippen molar-refractivity contribution >= 4 is 52.1 Å². The molecule has 1 fully saturated rings. The van der Waals surface area contributed by atoms with Gasteiger partial charge < -0.3 is 20.6 Å². The summed E-state index contributed by atoms with van der Waals surface area (Å²) in [5, 5.41) is 12.9. The minimum absolute atomic E-state index is 0.0228. The third kappa shape index (κ3) is 7.52. The highest BCUT2D eigenvalue weighted by Gasteiger charge is 2.27. The first-order valence-electron chi connectivity index (χ1n) is 11.8. The molecule has 0 aliphatic carbocycles. The van der Waals surface area contributed by atoms with Crippen LogP contribution in [0.15, 0.2) is 48.5 Å². The molecule has 1 aliphatic rings. The number of nitrogens with zero attached hydrogens (tertiary/aromatic N) is 1. The van der Waals surface area contributed by atoms with E-state index < -0.39 is 45.9 Å². The Bertz CT molecular complexity index is 1410. The van der Waals surface area contributed by atoms with Gasteiger partial charge in [0, 0.05) is 17.2 Å². The lowest BCUT2D eigenvalue weighted by Gasteiger charge is -2.28. The van der Waals surface area contributed by atoms with E-state index in [0.29, 0.717) is 11.3 Å². The number of halogens is 6. The Morgan fingerprint density at radius 3 is 2.02 bits per heavy atom. The number of thiocarbonyl (C=S) groups is 1. The number of carboxylic acid groups (broad SMARTS) is 1. The summed E-state index contributed by atoms with van der Waals surface area (Å²) in [7, 11) is 1.99. The van der Waals surface area contributed by atoms with E-state index in [2.05, 4.69) is 10.2 Å². The van der Waals surface area contributed by atoms with Gasteiger partial charge in [0.1, 0.15) is 5.69 Å². The van der Waals surface area contributed by atoms with E-state index in [1.54, 1.807) is 36.4 Å². The summed E-state index contributed by atoms with van der Waals surface area (Å²) in [6.07, 6.45) is 1.49. The number of aromatic carboxylic acids is 1. The number of carbonyl (C=O) groups excluding carboxylic acids is 1. The largest absolute Gasteiger partial charge is 0.478 e. The summed E-state index contributed by atoms with van der Waals surface area (Å²) in [4.78, 5) is 25.2. The van der Waals surface area contributed by atoms with Gasteiger partial charge in [-0.25, -0.2) is 26.7 Å². The first-order chi connectivity index (χ1) is 18.9. The number of Topliss-reactive ketones (excluding diaryl/α,β-unsaturated/α-hetero) is 1. The lowest BCUT2D eigenvalue weighted by atomic mass is 9.89. The molecule has 1 saturated heterocycles. The lowest BCUT2D eigenvalue weighted by Crippen LogP contribution is -2.33. The van der Waals surface area contributed by atoms with Crippen molar-refractivity contribution in [3.05, 3.63) is 93.8 Å². The van der Waals surface area contributed by atoms with Crippen LogP contribution in [0, 0.1) is 35.0 Å². The van der Waals surface area contributed by atoms with E-state index in [0.717, 1.165) is 25.9 Å². The highest BCUT2D eigenvalue weighted by Crippen LogP contribution is 2.28. The summed E-state index contributed by atoms with van der Waals surface area (Å²) in [6.45, 7) is 1.65. The Hall–Kier alpha value is -3.61. The van der Waals surface area contributed by atoms with Crippen molar-refractivity contribution in [2.24, 2.45) is 5.92 Å². The maximum atomic E-state index is 13.8. The van der Waals surface area contributed by atoms with Gasteiger partial charge in [-0.1, -0.05) is 35.9 Å². The number of rotatable bonds is 5.